The van der Waals surface area contributed by atoms with Gasteiger partial charge in [0.1, 0.15) is 0 Å². The zero-order chi connectivity index (χ0) is 13.8. The SMILES string of the molecule is CC[C@H](O)c1ccc(N(C)Cc2cnn(C)c2)cn1. The molecule has 0 bridgehead atoms. The van der Waals surface area contributed by atoms with Gasteiger partial charge in [-0.3, -0.25) is 9.67 Å². The van der Waals surface area contributed by atoms with Crippen LogP contribution in [0.1, 0.15) is 30.7 Å². The van der Waals surface area contributed by atoms with Gasteiger partial charge >= 0.3 is 0 Å². The monoisotopic (exact) mass is 260 g/mol. The van der Waals surface area contributed by atoms with Crippen LogP contribution in [0.5, 0.6) is 0 Å². The Balaban J connectivity index is 2.05. The molecule has 0 amide bonds. The highest BCUT2D eigenvalue weighted by Crippen LogP contribution is 2.18. The lowest BCUT2D eigenvalue weighted by molar-refractivity contribution is 0.169. The summed E-state index contributed by atoms with van der Waals surface area (Å²) < 4.78 is 1.79. The zero-order valence-corrected chi connectivity index (χ0v) is 11.6. The number of hydrogen-bond acceptors (Lipinski definition) is 4. The minimum atomic E-state index is -0.474. The third kappa shape index (κ3) is 3.32. The number of aromatic nitrogens is 3. The van der Waals surface area contributed by atoms with Gasteiger partial charge in [0.15, 0.2) is 0 Å². The van der Waals surface area contributed by atoms with Crippen LogP contribution in [0.15, 0.2) is 30.7 Å². The lowest BCUT2D eigenvalue weighted by Crippen LogP contribution is -2.16. The first kappa shape index (κ1) is 13.5. The van der Waals surface area contributed by atoms with Gasteiger partial charge in [0.25, 0.3) is 0 Å². The Kier molecular flexibility index (Phi) is 4.16. The smallest absolute Gasteiger partial charge is 0.0957 e. The van der Waals surface area contributed by atoms with Crippen LogP contribution < -0.4 is 4.90 Å². The van der Waals surface area contributed by atoms with Gasteiger partial charge in [0, 0.05) is 32.4 Å². The van der Waals surface area contributed by atoms with Crippen LogP contribution >= 0.6 is 0 Å². The second-order valence-corrected chi connectivity index (χ2v) is 4.74. The number of pyridine rings is 1. The van der Waals surface area contributed by atoms with Crippen molar-refractivity contribution >= 4 is 5.69 Å². The number of anilines is 1. The number of nitrogens with zero attached hydrogens (tertiary/aromatic N) is 4. The molecule has 0 aliphatic rings. The third-order valence-electron chi connectivity index (χ3n) is 3.12. The molecule has 0 saturated carbocycles. The van der Waals surface area contributed by atoms with Gasteiger partial charge in [0.2, 0.25) is 0 Å². The van der Waals surface area contributed by atoms with Gasteiger partial charge < -0.3 is 10.0 Å². The summed E-state index contributed by atoms with van der Waals surface area (Å²) in [5, 5.41) is 13.9. The van der Waals surface area contributed by atoms with Crippen molar-refractivity contribution in [1.82, 2.24) is 14.8 Å². The van der Waals surface area contributed by atoms with Gasteiger partial charge in [-0.05, 0) is 18.6 Å². The van der Waals surface area contributed by atoms with E-state index in [0.717, 1.165) is 23.5 Å². The van der Waals surface area contributed by atoms with Crippen molar-refractivity contribution in [2.24, 2.45) is 7.05 Å². The highest BCUT2D eigenvalue weighted by molar-refractivity contribution is 5.44. The van der Waals surface area contributed by atoms with Crippen LogP contribution in [0.4, 0.5) is 5.69 Å². The quantitative estimate of drug-likeness (QED) is 0.892. The van der Waals surface area contributed by atoms with Crippen molar-refractivity contribution in [3.8, 4) is 0 Å². The molecule has 1 N–H and O–H groups in total. The molecule has 5 nitrogen and oxygen atoms in total. The standard InChI is InChI=1S/C14H20N4O/c1-4-14(19)13-6-5-12(8-15-13)17(2)9-11-7-16-18(3)10-11/h5-8,10,14,19H,4,9H2,1-3H3/t14-/m0/s1. The molecular formula is C14H20N4O. The van der Waals surface area contributed by atoms with Crippen LogP contribution in [-0.2, 0) is 13.6 Å². The maximum Gasteiger partial charge on any atom is 0.0957 e. The summed E-state index contributed by atoms with van der Waals surface area (Å²) >= 11 is 0. The van der Waals surface area contributed by atoms with Crippen molar-refractivity contribution in [2.75, 3.05) is 11.9 Å². The fourth-order valence-corrected chi connectivity index (χ4v) is 1.95. The van der Waals surface area contributed by atoms with Crippen LogP contribution in [0, 0.1) is 0 Å². The van der Waals surface area contributed by atoms with E-state index in [-0.39, 0.29) is 0 Å². The van der Waals surface area contributed by atoms with E-state index in [0.29, 0.717) is 6.42 Å². The Bertz CT molecular complexity index is 520. The summed E-state index contributed by atoms with van der Waals surface area (Å²) in [7, 11) is 3.92. The first-order valence-corrected chi connectivity index (χ1v) is 6.42. The summed E-state index contributed by atoms with van der Waals surface area (Å²) in [6.07, 6.45) is 5.86. The van der Waals surface area contributed by atoms with Crippen LogP contribution in [-0.4, -0.2) is 26.9 Å². The maximum atomic E-state index is 9.71. The largest absolute Gasteiger partial charge is 0.387 e. The molecule has 2 rings (SSSR count). The van der Waals surface area contributed by atoms with E-state index >= 15 is 0 Å². The second kappa shape index (κ2) is 5.84. The predicted octanol–water partition coefficient (Wildman–Crippen LogP) is 1.89. The van der Waals surface area contributed by atoms with Crippen molar-refractivity contribution < 1.29 is 5.11 Å². The average Bonchev–Trinajstić information content (AvgIpc) is 2.83. The van der Waals surface area contributed by atoms with Gasteiger partial charge in [-0.2, -0.15) is 5.10 Å². The lowest BCUT2D eigenvalue weighted by Gasteiger charge is -2.18. The highest BCUT2D eigenvalue weighted by atomic mass is 16.3. The second-order valence-electron chi connectivity index (χ2n) is 4.74. The molecule has 2 heterocycles. The molecule has 0 aliphatic carbocycles. The van der Waals surface area contributed by atoms with E-state index in [2.05, 4.69) is 15.0 Å². The Labute approximate surface area is 113 Å². The Morgan fingerprint density at radius 3 is 2.68 bits per heavy atom. The van der Waals surface area contributed by atoms with Crippen molar-refractivity contribution in [3.05, 3.63) is 42.0 Å². The lowest BCUT2D eigenvalue weighted by atomic mass is 10.2. The Morgan fingerprint density at radius 2 is 2.16 bits per heavy atom. The minimum absolute atomic E-state index is 0.474. The minimum Gasteiger partial charge on any atom is -0.387 e. The molecule has 2 aromatic rings. The maximum absolute atomic E-state index is 9.71. The summed E-state index contributed by atoms with van der Waals surface area (Å²) in [6.45, 7) is 2.72. The summed E-state index contributed by atoms with van der Waals surface area (Å²) in [5.41, 5.74) is 2.90. The van der Waals surface area contributed by atoms with Gasteiger partial charge in [-0.25, -0.2) is 0 Å². The number of aryl methyl sites for hydroxylation is 1. The van der Waals surface area contributed by atoms with E-state index in [1.54, 1.807) is 10.9 Å². The van der Waals surface area contributed by atoms with Crippen LogP contribution in [0.25, 0.3) is 0 Å². The van der Waals surface area contributed by atoms with Gasteiger partial charge in [0.05, 0.1) is 29.9 Å². The predicted molar refractivity (Wildman–Crippen MR) is 74.8 cm³/mol. The molecule has 0 aromatic carbocycles. The van der Waals surface area contributed by atoms with E-state index in [4.69, 9.17) is 0 Å². The molecule has 0 radical (unpaired) electrons. The fourth-order valence-electron chi connectivity index (χ4n) is 1.95. The van der Waals surface area contributed by atoms with Crippen molar-refractivity contribution in [1.29, 1.82) is 0 Å². The van der Waals surface area contributed by atoms with Crippen molar-refractivity contribution in [3.63, 3.8) is 0 Å². The topological polar surface area (TPSA) is 54.2 Å². The molecule has 0 fully saturated rings. The normalized spacial score (nSPS) is 12.4. The molecule has 0 aliphatic heterocycles. The molecule has 0 unspecified atom stereocenters. The summed E-state index contributed by atoms with van der Waals surface area (Å²) in [5.74, 6) is 0. The summed E-state index contributed by atoms with van der Waals surface area (Å²) in [4.78, 5) is 6.41. The molecule has 19 heavy (non-hydrogen) atoms. The number of aliphatic hydroxyl groups is 1. The van der Waals surface area contributed by atoms with E-state index in [9.17, 15) is 5.11 Å². The third-order valence-corrected chi connectivity index (χ3v) is 3.12. The molecule has 102 valence electrons. The Hall–Kier alpha value is -1.88. The van der Waals surface area contributed by atoms with Crippen molar-refractivity contribution in [2.45, 2.75) is 26.0 Å². The van der Waals surface area contributed by atoms with Gasteiger partial charge in [-0.1, -0.05) is 6.92 Å². The molecular weight excluding hydrogens is 240 g/mol. The Morgan fingerprint density at radius 1 is 1.37 bits per heavy atom. The highest BCUT2D eigenvalue weighted by Gasteiger charge is 2.08. The first-order chi connectivity index (χ1) is 9.10. The number of hydrogen-bond donors (Lipinski definition) is 1. The fraction of sp³-hybridized carbons (Fsp3) is 0.429. The van der Waals surface area contributed by atoms with E-state index in [1.807, 2.05) is 45.5 Å². The molecule has 0 saturated heterocycles. The molecule has 0 spiro atoms. The average molecular weight is 260 g/mol. The number of rotatable bonds is 5. The number of aliphatic hydroxyl groups excluding tert-OH is 1. The van der Waals surface area contributed by atoms with Crippen LogP contribution in [0.2, 0.25) is 0 Å². The summed E-state index contributed by atoms with van der Waals surface area (Å²) in [6, 6.07) is 3.86. The van der Waals surface area contributed by atoms with E-state index < -0.39 is 6.10 Å². The van der Waals surface area contributed by atoms with Crippen LogP contribution in [0.3, 0.4) is 0 Å². The first-order valence-electron chi connectivity index (χ1n) is 6.42. The molecule has 5 heteroatoms. The van der Waals surface area contributed by atoms with Gasteiger partial charge in [-0.15, -0.1) is 0 Å². The molecule has 1 atom stereocenters. The zero-order valence-electron chi connectivity index (χ0n) is 11.6. The van der Waals surface area contributed by atoms with E-state index in [1.165, 1.54) is 0 Å². The molecule has 2 aromatic heterocycles.